The number of hydrogen-bond donors (Lipinski definition) is 1. The summed E-state index contributed by atoms with van der Waals surface area (Å²) in [7, 11) is -2.48. The van der Waals surface area contributed by atoms with Gasteiger partial charge in [0.2, 0.25) is 10.0 Å². The Bertz CT molecular complexity index is 1880. The highest BCUT2D eigenvalue weighted by Gasteiger charge is 2.47. The Balaban J connectivity index is 1.27. The van der Waals surface area contributed by atoms with Crippen LogP contribution in [0.15, 0.2) is 53.7 Å². The van der Waals surface area contributed by atoms with Crippen LogP contribution in [0.3, 0.4) is 0 Å². The number of carboxylic acid groups (broad SMARTS) is 1. The lowest BCUT2D eigenvalue weighted by Crippen LogP contribution is -2.34. The van der Waals surface area contributed by atoms with Crippen molar-refractivity contribution in [2.24, 2.45) is 7.05 Å². The van der Waals surface area contributed by atoms with Gasteiger partial charge in [0.05, 0.1) is 39.8 Å². The summed E-state index contributed by atoms with van der Waals surface area (Å²) in [6.45, 7) is 0.171. The Morgan fingerprint density at radius 3 is 2.65 bits per heavy atom. The van der Waals surface area contributed by atoms with Crippen LogP contribution >= 0.6 is 0 Å². The Hall–Kier alpha value is -4.04. The molecule has 3 atom stereocenters. The summed E-state index contributed by atoms with van der Waals surface area (Å²) in [6.07, 6.45) is 0.934. The molecule has 0 bridgehead atoms. The fourth-order valence-electron chi connectivity index (χ4n) is 6.71. The third-order valence-electron chi connectivity index (χ3n) is 8.77. The van der Waals surface area contributed by atoms with Gasteiger partial charge in [0, 0.05) is 31.6 Å². The minimum absolute atomic E-state index is 0.00402. The summed E-state index contributed by atoms with van der Waals surface area (Å²) < 4.78 is 73.0. The van der Waals surface area contributed by atoms with Crippen molar-refractivity contribution in [1.29, 1.82) is 0 Å². The van der Waals surface area contributed by atoms with E-state index in [-0.39, 0.29) is 28.8 Å². The lowest BCUT2D eigenvalue weighted by molar-refractivity contribution is -0.137. The molecule has 2 aromatic heterocycles. The van der Waals surface area contributed by atoms with Crippen molar-refractivity contribution in [2.75, 3.05) is 6.54 Å². The zero-order valence-electron chi connectivity index (χ0n) is 23.0. The van der Waals surface area contributed by atoms with E-state index in [0.717, 1.165) is 29.0 Å². The van der Waals surface area contributed by atoms with Crippen molar-refractivity contribution in [3.63, 3.8) is 0 Å². The van der Waals surface area contributed by atoms with Gasteiger partial charge in [-0.05, 0) is 67.0 Å². The topological polar surface area (TPSA) is 123 Å². The molecule has 1 aliphatic heterocycles. The number of rotatable bonds is 5. The summed E-state index contributed by atoms with van der Waals surface area (Å²) in [5, 5.41) is 22.7. The van der Waals surface area contributed by atoms with Crippen molar-refractivity contribution >= 4 is 16.0 Å². The van der Waals surface area contributed by atoms with E-state index in [1.54, 1.807) is 22.5 Å². The van der Waals surface area contributed by atoms with Crippen LogP contribution < -0.4 is 0 Å². The molecule has 14 heteroatoms. The first kappa shape index (κ1) is 27.8. The van der Waals surface area contributed by atoms with E-state index in [0.29, 0.717) is 49.0 Å². The molecule has 7 rings (SSSR count). The molecule has 0 unspecified atom stereocenters. The van der Waals surface area contributed by atoms with E-state index >= 15 is 0 Å². The fraction of sp³-hybridized carbons (Fsp3) is 0.379. The second-order valence-electron chi connectivity index (χ2n) is 11.4. The number of nitrogens with zero attached hydrogens (tertiary/aromatic N) is 6. The molecule has 2 aromatic carbocycles. The second-order valence-corrected chi connectivity index (χ2v) is 13.2. The summed E-state index contributed by atoms with van der Waals surface area (Å²) in [5.41, 5.74) is 3.06. The number of aromatic nitrogens is 5. The van der Waals surface area contributed by atoms with E-state index in [9.17, 15) is 31.5 Å². The molecule has 1 fully saturated rings. The standard InChI is InChI=1S/C29H27F3N6O4S/c1-36-15-23(34-35-36)20-13-21(20)27-22(28(39)40)14-33-38(27)25-6-2-5-18-19(25)9-10-24(18)37-11-3-4-16-7-8-17(29(30,31)32)12-26(16)43(37,41)42/h2,5-8,12,14-15,20-21,24H,3-4,9-11,13H2,1H3,(H,39,40)/t20-,21-,24-/m1/s1. The van der Waals surface area contributed by atoms with E-state index < -0.39 is 33.8 Å². The van der Waals surface area contributed by atoms with Crippen LogP contribution in [0.2, 0.25) is 0 Å². The Labute approximate surface area is 244 Å². The smallest absolute Gasteiger partial charge is 0.416 e. The maximum absolute atomic E-state index is 13.9. The number of carbonyl (C=O) groups is 1. The van der Waals surface area contributed by atoms with Gasteiger partial charge in [-0.25, -0.2) is 17.9 Å². The van der Waals surface area contributed by atoms with Gasteiger partial charge in [0.25, 0.3) is 0 Å². The fourth-order valence-corrected chi connectivity index (χ4v) is 8.67. The highest BCUT2D eigenvalue weighted by Crippen LogP contribution is 2.55. The Morgan fingerprint density at radius 1 is 1.12 bits per heavy atom. The highest BCUT2D eigenvalue weighted by atomic mass is 32.2. The third kappa shape index (κ3) is 4.54. The molecule has 3 aliphatic rings. The van der Waals surface area contributed by atoms with Gasteiger partial charge in [-0.15, -0.1) is 5.10 Å². The first-order chi connectivity index (χ1) is 20.4. The van der Waals surface area contributed by atoms with Crippen LogP contribution in [0.1, 0.15) is 81.1 Å². The van der Waals surface area contributed by atoms with Crippen molar-refractivity contribution in [1.82, 2.24) is 29.1 Å². The summed E-state index contributed by atoms with van der Waals surface area (Å²) in [4.78, 5) is 11.9. The van der Waals surface area contributed by atoms with Gasteiger partial charge < -0.3 is 5.11 Å². The molecule has 1 N–H and O–H groups in total. The minimum atomic E-state index is -4.67. The van der Waals surface area contributed by atoms with Gasteiger partial charge in [-0.2, -0.15) is 22.6 Å². The number of carboxylic acids is 1. The molecule has 224 valence electrons. The van der Waals surface area contributed by atoms with Gasteiger partial charge in [-0.1, -0.05) is 23.4 Å². The number of sulfonamides is 1. The number of hydrogen-bond acceptors (Lipinski definition) is 6. The van der Waals surface area contributed by atoms with E-state index in [1.165, 1.54) is 16.6 Å². The summed E-state index contributed by atoms with van der Waals surface area (Å²) in [6, 6.07) is 7.84. The van der Waals surface area contributed by atoms with Gasteiger partial charge in [0.1, 0.15) is 5.56 Å². The molecule has 0 amide bonds. The quantitative estimate of drug-likeness (QED) is 0.349. The van der Waals surface area contributed by atoms with Gasteiger partial charge in [0.15, 0.2) is 0 Å². The molecule has 10 nitrogen and oxygen atoms in total. The van der Waals surface area contributed by atoms with Gasteiger partial charge >= 0.3 is 12.1 Å². The van der Waals surface area contributed by atoms with Crippen molar-refractivity contribution in [3.05, 3.63) is 88.0 Å². The number of fused-ring (bicyclic) bond motifs is 2. The lowest BCUT2D eigenvalue weighted by atomic mass is 10.0. The van der Waals surface area contributed by atoms with Crippen LogP contribution in [-0.4, -0.2) is 55.1 Å². The molecule has 0 spiro atoms. The zero-order chi connectivity index (χ0) is 30.3. The van der Waals surface area contributed by atoms with Crippen LogP contribution in [0.25, 0.3) is 5.69 Å². The maximum Gasteiger partial charge on any atom is 0.416 e. The van der Waals surface area contributed by atoms with E-state index in [4.69, 9.17) is 0 Å². The van der Waals surface area contributed by atoms with Crippen LogP contribution in [0, 0.1) is 0 Å². The molecule has 43 heavy (non-hydrogen) atoms. The number of halogens is 3. The van der Waals surface area contributed by atoms with E-state index in [2.05, 4.69) is 15.4 Å². The van der Waals surface area contributed by atoms with Crippen molar-refractivity contribution in [3.8, 4) is 5.69 Å². The third-order valence-corrected chi connectivity index (χ3v) is 10.8. The Kier molecular flexibility index (Phi) is 6.29. The van der Waals surface area contributed by atoms with Crippen LogP contribution in [0.4, 0.5) is 13.2 Å². The molecule has 1 saturated carbocycles. The number of aromatic carboxylic acids is 1. The minimum Gasteiger partial charge on any atom is -0.478 e. The first-order valence-corrected chi connectivity index (χ1v) is 15.4. The second kappa shape index (κ2) is 9.74. The molecule has 4 aromatic rings. The summed E-state index contributed by atoms with van der Waals surface area (Å²) in [5.74, 6) is -1.23. The molecule has 0 saturated heterocycles. The maximum atomic E-state index is 13.9. The summed E-state index contributed by atoms with van der Waals surface area (Å²) >= 11 is 0. The largest absolute Gasteiger partial charge is 0.478 e. The molecular weight excluding hydrogens is 585 g/mol. The SMILES string of the molecule is Cn1cc([C@@H]2C[C@H]2c2c(C(=O)O)cnn2-c2cccc3c2CC[C@H]3N2CCCc3ccc(C(F)(F)F)cc3S2(=O)=O)nn1. The number of aryl methyl sites for hydroxylation is 2. The highest BCUT2D eigenvalue weighted by molar-refractivity contribution is 7.89. The van der Waals surface area contributed by atoms with Gasteiger partial charge in [-0.3, -0.25) is 4.68 Å². The average molecular weight is 613 g/mol. The average Bonchev–Trinajstić information content (AvgIpc) is 3.26. The lowest BCUT2D eigenvalue weighted by Gasteiger charge is -2.28. The van der Waals surface area contributed by atoms with Crippen LogP contribution in [-0.2, 0) is 36.1 Å². The normalized spacial score (nSPS) is 23.0. The zero-order valence-corrected chi connectivity index (χ0v) is 23.8. The monoisotopic (exact) mass is 612 g/mol. The molecular formula is C29H27F3N6O4S. The first-order valence-electron chi connectivity index (χ1n) is 14.0. The molecule has 3 heterocycles. The Morgan fingerprint density at radius 2 is 1.93 bits per heavy atom. The molecule has 0 radical (unpaired) electrons. The van der Waals surface area contributed by atoms with Crippen molar-refractivity contribution < 1.29 is 31.5 Å². The molecule has 2 aliphatic carbocycles. The predicted octanol–water partition coefficient (Wildman–Crippen LogP) is 4.61. The van der Waals surface area contributed by atoms with Crippen molar-refractivity contribution in [2.45, 2.75) is 61.1 Å². The number of benzene rings is 2. The predicted molar refractivity (Wildman–Crippen MR) is 146 cm³/mol. The van der Waals surface area contributed by atoms with Crippen LogP contribution in [0.5, 0.6) is 0 Å². The number of alkyl halides is 3. The van der Waals surface area contributed by atoms with E-state index in [1.807, 2.05) is 18.3 Å².